The molecule has 8 atom stereocenters. The molecule has 1 N–H and O–H groups in total. The molecule has 8 heteroatoms. The Bertz CT molecular complexity index is 1370. The van der Waals surface area contributed by atoms with Gasteiger partial charge >= 0.3 is 5.97 Å². The molecule has 2 heterocycles. The lowest BCUT2D eigenvalue weighted by Gasteiger charge is -2.45. The van der Waals surface area contributed by atoms with Crippen molar-refractivity contribution in [3.05, 3.63) is 47.0 Å². The molecule has 1 aromatic rings. The third-order valence-electron chi connectivity index (χ3n) is 12.7. The predicted molar refractivity (Wildman–Crippen MR) is 178 cm³/mol. The van der Waals surface area contributed by atoms with Crippen LogP contribution < -0.4 is 4.72 Å². The first-order valence-corrected chi connectivity index (χ1v) is 19.6. The number of fused-ring (bicyclic) bond motifs is 2. The van der Waals surface area contributed by atoms with Crippen LogP contribution in [0, 0.1) is 35.0 Å². The van der Waals surface area contributed by atoms with Gasteiger partial charge in [-0.15, -0.1) is 5.06 Å². The Hall–Kier alpha value is -1.74. The first-order valence-electron chi connectivity index (χ1n) is 17.7. The van der Waals surface area contributed by atoms with E-state index in [1.165, 1.54) is 31.1 Å². The number of allylic oxidation sites excluding steroid dienone is 1. The molecule has 0 unspecified atom stereocenters. The highest BCUT2D eigenvalue weighted by Gasteiger charge is 2.59. The molecule has 0 aromatic heterocycles. The number of benzene rings is 1. The van der Waals surface area contributed by atoms with E-state index in [1.807, 2.05) is 35.4 Å². The zero-order valence-corrected chi connectivity index (χ0v) is 29.2. The van der Waals surface area contributed by atoms with Crippen LogP contribution in [-0.4, -0.2) is 56.0 Å². The van der Waals surface area contributed by atoms with Crippen LogP contribution in [0.25, 0.3) is 0 Å². The fourth-order valence-electron chi connectivity index (χ4n) is 10.5. The van der Waals surface area contributed by atoms with E-state index < -0.39 is 10.0 Å². The number of hydrogen-bond donors (Lipinski definition) is 1. The number of piperidine rings is 1. The average Bonchev–Trinajstić information content (AvgIpc) is 3.43. The topological polar surface area (TPSA) is 84.9 Å². The van der Waals surface area contributed by atoms with Gasteiger partial charge in [0.1, 0.15) is 0 Å². The van der Waals surface area contributed by atoms with Crippen molar-refractivity contribution >= 4 is 16.0 Å². The largest absolute Gasteiger partial charge is 0.369 e. The molecule has 0 bridgehead atoms. The van der Waals surface area contributed by atoms with Crippen LogP contribution in [0.5, 0.6) is 0 Å². The number of ether oxygens (including phenoxy) is 1. The van der Waals surface area contributed by atoms with Crippen molar-refractivity contribution in [3.63, 3.8) is 0 Å². The molecule has 2 saturated heterocycles. The van der Waals surface area contributed by atoms with Crippen molar-refractivity contribution in [2.24, 2.45) is 35.0 Å². The quantitative estimate of drug-likeness (QED) is 0.315. The Labute approximate surface area is 271 Å². The molecular formula is C37H56N2O5S. The first-order chi connectivity index (χ1) is 21.3. The predicted octanol–water partition coefficient (Wildman–Crippen LogP) is 7.29. The molecule has 5 aliphatic rings. The summed E-state index contributed by atoms with van der Waals surface area (Å²) in [4.78, 5) is 19.3. The second kappa shape index (κ2) is 12.7. The highest BCUT2D eigenvalue weighted by Crippen LogP contribution is 2.61. The summed E-state index contributed by atoms with van der Waals surface area (Å²) >= 11 is 0. The van der Waals surface area contributed by atoms with Gasteiger partial charge < -0.3 is 9.57 Å². The van der Waals surface area contributed by atoms with Gasteiger partial charge in [0.15, 0.2) is 0 Å². The van der Waals surface area contributed by atoms with Crippen molar-refractivity contribution in [2.75, 3.05) is 12.8 Å². The van der Waals surface area contributed by atoms with Gasteiger partial charge in [0.2, 0.25) is 10.0 Å². The summed E-state index contributed by atoms with van der Waals surface area (Å²) in [5, 5.41) is 1.98. The van der Waals surface area contributed by atoms with Gasteiger partial charge in [0, 0.05) is 18.5 Å². The Balaban J connectivity index is 1.21. The van der Waals surface area contributed by atoms with E-state index in [9.17, 15) is 13.2 Å². The van der Waals surface area contributed by atoms with Gasteiger partial charge in [-0.1, -0.05) is 63.5 Å². The van der Waals surface area contributed by atoms with Crippen LogP contribution >= 0.6 is 0 Å². The Morgan fingerprint density at radius 2 is 1.82 bits per heavy atom. The molecule has 7 nitrogen and oxygen atoms in total. The van der Waals surface area contributed by atoms with E-state index >= 15 is 0 Å². The highest BCUT2D eigenvalue weighted by molar-refractivity contribution is 7.88. The van der Waals surface area contributed by atoms with Gasteiger partial charge in [-0.25, -0.2) is 17.9 Å². The van der Waals surface area contributed by atoms with Crippen LogP contribution in [0.1, 0.15) is 116 Å². The lowest BCUT2D eigenvalue weighted by atomic mass is 9.61. The number of nitrogens with one attached hydrogen (secondary N) is 1. The van der Waals surface area contributed by atoms with Crippen molar-refractivity contribution in [3.8, 4) is 0 Å². The maximum Gasteiger partial charge on any atom is 0.357 e. The SMILES string of the molecule is CCC[C@H]1[C@@H]2CC[C@@]3(CC(C)=C2C[C@@H]1C1(C)CCC(NS(C)(=O)=O)CC1)O[C@@H]1C[C@H](C)CN(OC(=O)c2ccccc2)[C@H]1[C@H]3C. The van der Waals surface area contributed by atoms with Gasteiger partial charge in [-0.3, -0.25) is 0 Å². The summed E-state index contributed by atoms with van der Waals surface area (Å²) in [6.45, 7) is 12.5. The number of carbonyl (C=O) groups is 1. The van der Waals surface area contributed by atoms with Crippen molar-refractivity contribution in [2.45, 2.75) is 129 Å². The van der Waals surface area contributed by atoms with E-state index in [-0.39, 0.29) is 41.1 Å². The Morgan fingerprint density at radius 3 is 2.49 bits per heavy atom. The molecule has 2 saturated carbocycles. The van der Waals surface area contributed by atoms with Gasteiger partial charge in [0.05, 0.1) is 29.6 Å². The van der Waals surface area contributed by atoms with E-state index in [0.29, 0.717) is 29.2 Å². The molecular weight excluding hydrogens is 584 g/mol. The summed E-state index contributed by atoms with van der Waals surface area (Å²) in [5.74, 6) is 2.28. The number of hydrogen-bond acceptors (Lipinski definition) is 6. The maximum atomic E-state index is 13.1. The second-order valence-electron chi connectivity index (χ2n) is 15.9. The standard InChI is InChI=1S/C37H56N2O5S/c1-7-11-30-29-16-19-37(22-25(3)31(29)21-32(30)36(5)17-14-28(15-18-36)38-45(6,41)42)26(4)34-33(43-37)20-24(2)23-39(34)44-35(40)27-12-9-8-10-13-27/h8-10,12-13,24,26,28-30,32-34,38H,7,11,14-23H2,1-6H3/t24-,26+,28?,29-,30-,32-,33+,34-,36?,37-/m0/s1. The Morgan fingerprint density at radius 1 is 1.11 bits per heavy atom. The van der Waals surface area contributed by atoms with Crippen molar-refractivity contribution in [1.29, 1.82) is 0 Å². The molecule has 1 spiro atoms. The van der Waals surface area contributed by atoms with E-state index in [0.717, 1.165) is 57.9 Å². The van der Waals surface area contributed by atoms with Gasteiger partial charge in [-0.05, 0) is 112 Å². The van der Waals surface area contributed by atoms with Gasteiger partial charge in [-0.2, -0.15) is 0 Å². The van der Waals surface area contributed by atoms with Crippen molar-refractivity contribution < 1.29 is 22.8 Å². The molecule has 3 aliphatic carbocycles. The molecule has 4 fully saturated rings. The summed E-state index contributed by atoms with van der Waals surface area (Å²) in [6.07, 6.45) is 13.2. The molecule has 45 heavy (non-hydrogen) atoms. The van der Waals surface area contributed by atoms with Gasteiger partial charge in [0.25, 0.3) is 0 Å². The number of nitrogens with zero attached hydrogens (tertiary/aromatic N) is 1. The summed E-state index contributed by atoms with van der Waals surface area (Å²) in [6, 6.07) is 9.46. The number of hydroxylamine groups is 2. The zero-order chi connectivity index (χ0) is 32.1. The summed E-state index contributed by atoms with van der Waals surface area (Å²) < 4.78 is 33.9. The first kappa shape index (κ1) is 33.2. The number of sulfonamides is 1. The molecule has 6 rings (SSSR count). The number of carbonyl (C=O) groups excluding carboxylic acids is 1. The van der Waals surface area contributed by atoms with E-state index in [2.05, 4.69) is 39.3 Å². The lowest BCUT2D eigenvalue weighted by molar-refractivity contribution is -0.182. The fourth-order valence-corrected chi connectivity index (χ4v) is 11.4. The van der Waals surface area contributed by atoms with E-state index in [1.54, 1.807) is 5.57 Å². The minimum Gasteiger partial charge on any atom is -0.369 e. The molecule has 250 valence electrons. The second-order valence-corrected chi connectivity index (χ2v) is 17.7. The van der Waals surface area contributed by atoms with Crippen LogP contribution in [0.2, 0.25) is 0 Å². The summed E-state index contributed by atoms with van der Waals surface area (Å²) in [5.41, 5.74) is 3.83. The lowest BCUT2D eigenvalue weighted by Crippen LogP contribution is -2.52. The minimum absolute atomic E-state index is 0.0666. The van der Waals surface area contributed by atoms with Crippen molar-refractivity contribution in [1.82, 2.24) is 9.79 Å². The van der Waals surface area contributed by atoms with E-state index in [4.69, 9.17) is 9.57 Å². The smallest absolute Gasteiger partial charge is 0.357 e. The summed E-state index contributed by atoms with van der Waals surface area (Å²) in [7, 11) is -3.17. The van der Waals surface area contributed by atoms with Crippen LogP contribution in [0.3, 0.4) is 0 Å². The molecule has 1 aromatic carbocycles. The monoisotopic (exact) mass is 640 g/mol. The highest BCUT2D eigenvalue weighted by atomic mass is 32.2. The van der Waals surface area contributed by atoms with Crippen LogP contribution in [0.4, 0.5) is 0 Å². The average molecular weight is 641 g/mol. The maximum absolute atomic E-state index is 13.1. The normalized spacial score (nSPS) is 40.7. The van der Waals surface area contributed by atoms with Crippen LogP contribution in [0.15, 0.2) is 41.5 Å². The van der Waals surface area contributed by atoms with Crippen LogP contribution in [-0.2, 0) is 19.6 Å². The Kier molecular flexibility index (Phi) is 9.36. The minimum atomic E-state index is -3.17. The molecule has 0 radical (unpaired) electrons. The molecule has 0 amide bonds. The zero-order valence-electron chi connectivity index (χ0n) is 28.4. The fraction of sp³-hybridized carbons (Fsp3) is 0.757. The molecule has 2 aliphatic heterocycles. The third kappa shape index (κ3) is 6.55. The third-order valence-corrected chi connectivity index (χ3v) is 13.5. The number of rotatable bonds is 7.